The highest BCUT2D eigenvalue weighted by molar-refractivity contribution is 7.89. The molecular formula is C10H9ClN2O4S. The standard InChI is InChI=1S/C10H9ClN2O4S/c1-3-4-12-18(16,17)8-5-9(11)7(2)10(6-8)13(14)15/h1,5-6,12H,4H2,2H3. The number of hydrogen-bond acceptors (Lipinski definition) is 4. The lowest BCUT2D eigenvalue weighted by Crippen LogP contribution is -2.24. The van der Waals surface area contributed by atoms with Crippen LogP contribution >= 0.6 is 11.6 Å². The number of nitrogens with one attached hydrogen (secondary N) is 1. The van der Waals surface area contributed by atoms with Crippen LogP contribution in [0.25, 0.3) is 0 Å². The molecule has 6 nitrogen and oxygen atoms in total. The number of nitro groups is 1. The Bertz CT molecular complexity index is 634. The largest absolute Gasteiger partial charge is 0.275 e. The van der Waals surface area contributed by atoms with E-state index in [9.17, 15) is 18.5 Å². The normalized spacial score (nSPS) is 10.9. The van der Waals surface area contributed by atoms with Crippen molar-refractivity contribution < 1.29 is 13.3 Å². The Balaban J connectivity index is 3.36. The molecule has 0 aliphatic carbocycles. The van der Waals surface area contributed by atoms with E-state index in [-0.39, 0.29) is 27.7 Å². The lowest BCUT2D eigenvalue weighted by Gasteiger charge is -2.06. The van der Waals surface area contributed by atoms with Crippen LogP contribution in [0.1, 0.15) is 5.56 Å². The third kappa shape index (κ3) is 2.98. The molecule has 0 bridgehead atoms. The first-order valence-corrected chi connectivity index (χ1v) is 6.53. The Morgan fingerprint density at radius 1 is 1.56 bits per heavy atom. The van der Waals surface area contributed by atoms with E-state index in [1.165, 1.54) is 6.92 Å². The zero-order valence-electron chi connectivity index (χ0n) is 9.31. The summed E-state index contributed by atoms with van der Waals surface area (Å²) < 4.78 is 25.6. The van der Waals surface area contributed by atoms with Gasteiger partial charge in [-0.15, -0.1) is 6.42 Å². The Morgan fingerprint density at radius 3 is 2.67 bits per heavy atom. The molecule has 0 fully saturated rings. The minimum absolute atomic E-state index is 0.00489. The van der Waals surface area contributed by atoms with Gasteiger partial charge in [-0.2, -0.15) is 4.72 Å². The van der Waals surface area contributed by atoms with Crippen molar-refractivity contribution in [1.82, 2.24) is 4.72 Å². The highest BCUT2D eigenvalue weighted by Crippen LogP contribution is 2.29. The summed E-state index contributed by atoms with van der Waals surface area (Å²) in [5.74, 6) is 2.10. The topological polar surface area (TPSA) is 89.3 Å². The number of benzene rings is 1. The van der Waals surface area contributed by atoms with Gasteiger partial charge in [0, 0.05) is 11.6 Å². The molecule has 18 heavy (non-hydrogen) atoms. The molecule has 0 aliphatic heterocycles. The summed E-state index contributed by atoms with van der Waals surface area (Å²) in [4.78, 5) is 9.78. The van der Waals surface area contributed by atoms with Crippen LogP contribution in [-0.2, 0) is 10.0 Å². The molecule has 0 atom stereocenters. The summed E-state index contributed by atoms with van der Waals surface area (Å²) in [6, 6.07) is 2.09. The quantitative estimate of drug-likeness (QED) is 0.516. The van der Waals surface area contributed by atoms with E-state index >= 15 is 0 Å². The Labute approximate surface area is 109 Å². The van der Waals surface area contributed by atoms with Crippen LogP contribution in [0, 0.1) is 29.4 Å². The summed E-state index contributed by atoms with van der Waals surface area (Å²) >= 11 is 5.77. The molecule has 0 radical (unpaired) electrons. The predicted octanol–water partition coefficient (Wildman–Crippen LogP) is 1.47. The van der Waals surface area contributed by atoms with Gasteiger partial charge in [0.05, 0.1) is 21.4 Å². The number of sulfonamides is 1. The molecule has 0 aromatic heterocycles. The van der Waals surface area contributed by atoms with Crippen LogP contribution in [0.3, 0.4) is 0 Å². The van der Waals surface area contributed by atoms with Crippen molar-refractivity contribution in [3.63, 3.8) is 0 Å². The van der Waals surface area contributed by atoms with Crippen molar-refractivity contribution in [1.29, 1.82) is 0 Å². The van der Waals surface area contributed by atoms with Crippen LogP contribution in [0.15, 0.2) is 17.0 Å². The average molecular weight is 289 g/mol. The molecule has 1 N–H and O–H groups in total. The van der Waals surface area contributed by atoms with Gasteiger partial charge >= 0.3 is 0 Å². The van der Waals surface area contributed by atoms with Gasteiger partial charge in [0.15, 0.2) is 0 Å². The summed E-state index contributed by atoms with van der Waals surface area (Å²) in [5, 5.41) is 10.8. The minimum Gasteiger partial charge on any atom is -0.258 e. The van der Waals surface area contributed by atoms with E-state index in [0.29, 0.717) is 0 Å². The van der Waals surface area contributed by atoms with Gasteiger partial charge in [-0.3, -0.25) is 10.1 Å². The smallest absolute Gasteiger partial charge is 0.258 e. The highest BCUT2D eigenvalue weighted by Gasteiger charge is 2.21. The lowest BCUT2D eigenvalue weighted by atomic mass is 10.2. The second-order valence-electron chi connectivity index (χ2n) is 3.34. The maximum atomic E-state index is 11.7. The van der Waals surface area contributed by atoms with Crippen molar-refractivity contribution in [2.75, 3.05) is 6.54 Å². The number of hydrogen-bond donors (Lipinski definition) is 1. The third-order valence-corrected chi connectivity index (χ3v) is 3.93. The second-order valence-corrected chi connectivity index (χ2v) is 5.51. The molecule has 96 valence electrons. The van der Waals surface area contributed by atoms with Gasteiger partial charge in [-0.05, 0) is 13.0 Å². The van der Waals surface area contributed by atoms with E-state index < -0.39 is 14.9 Å². The maximum absolute atomic E-state index is 11.7. The average Bonchev–Trinajstić information content (AvgIpc) is 2.29. The highest BCUT2D eigenvalue weighted by atomic mass is 35.5. The number of nitro benzene ring substituents is 1. The minimum atomic E-state index is -3.90. The molecule has 0 heterocycles. The van der Waals surface area contributed by atoms with Crippen LogP contribution in [0.4, 0.5) is 5.69 Å². The van der Waals surface area contributed by atoms with Crippen LogP contribution in [-0.4, -0.2) is 19.9 Å². The molecule has 0 unspecified atom stereocenters. The molecule has 0 spiro atoms. The Hall–Kier alpha value is -1.62. The number of halogens is 1. The number of terminal acetylenes is 1. The van der Waals surface area contributed by atoms with Gasteiger partial charge < -0.3 is 0 Å². The first kappa shape index (κ1) is 14.4. The number of rotatable bonds is 4. The van der Waals surface area contributed by atoms with Gasteiger partial charge in [0.1, 0.15) is 0 Å². The first-order valence-electron chi connectivity index (χ1n) is 4.67. The van der Waals surface area contributed by atoms with Gasteiger partial charge in [0.2, 0.25) is 10.0 Å². The summed E-state index contributed by atoms with van der Waals surface area (Å²) in [6.07, 6.45) is 4.93. The van der Waals surface area contributed by atoms with Crippen molar-refractivity contribution in [2.45, 2.75) is 11.8 Å². The molecule has 1 rings (SSSR count). The Morgan fingerprint density at radius 2 is 2.17 bits per heavy atom. The van der Waals surface area contributed by atoms with E-state index in [4.69, 9.17) is 18.0 Å². The summed E-state index contributed by atoms with van der Waals surface area (Å²) in [5.41, 5.74) is -0.152. The maximum Gasteiger partial charge on any atom is 0.275 e. The molecular weight excluding hydrogens is 280 g/mol. The SMILES string of the molecule is C#CCNS(=O)(=O)c1cc(Cl)c(C)c([N+](=O)[O-])c1. The van der Waals surface area contributed by atoms with E-state index in [1.807, 2.05) is 0 Å². The molecule has 0 amide bonds. The van der Waals surface area contributed by atoms with Crippen LogP contribution in [0.5, 0.6) is 0 Å². The monoisotopic (exact) mass is 288 g/mol. The molecule has 1 aromatic rings. The molecule has 8 heteroatoms. The Kier molecular flexibility index (Phi) is 4.29. The molecule has 0 saturated carbocycles. The van der Waals surface area contributed by atoms with Crippen molar-refractivity contribution in [3.05, 3.63) is 32.8 Å². The van der Waals surface area contributed by atoms with E-state index in [2.05, 4.69) is 10.6 Å². The molecule has 0 aliphatic rings. The zero-order chi connectivity index (χ0) is 13.9. The molecule has 1 aromatic carbocycles. The fraction of sp³-hybridized carbons (Fsp3) is 0.200. The van der Waals surface area contributed by atoms with E-state index in [0.717, 1.165) is 12.1 Å². The van der Waals surface area contributed by atoms with Gasteiger partial charge in [0.25, 0.3) is 5.69 Å². The van der Waals surface area contributed by atoms with Crippen molar-refractivity contribution >= 4 is 27.3 Å². The fourth-order valence-corrected chi connectivity index (χ4v) is 2.46. The van der Waals surface area contributed by atoms with Crippen LogP contribution in [0.2, 0.25) is 5.02 Å². The van der Waals surface area contributed by atoms with Crippen LogP contribution < -0.4 is 4.72 Å². The lowest BCUT2D eigenvalue weighted by molar-refractivity contribution is -0.385. The first-order chi connectivity index (χ1) is 8.29. The summed E-state index contributed by atoms with van der Waals surface area (Å²) in [7, 11) is -3.90. The fourth-order valence-electron chi connectivity index (χ4n) is 1.20. The zero-order valence-corrected chi connectivity index (χ0v) is 10.9. The van der Waals surface area contributed by atoms with Gasteiger partial charge in [-0.25, -0.2) is 8.42 Å². The molecule has 0 saturated heterocycles. The van der Waals surface area contributed by atoms with E-state index in [1.54, 1.807) is 0 Å². The second kappa shape index (κ2) is 5.35. The predicted molar refractivity (Wildman–Crippen MR) is 66.9 cm³/mol. The van der Waals surface area contributed by atoms with Gasteiger partial charge in [-0.1, -0.05) is 17.5 Å². The summed E-state index contributed by atoms with van der Waals surface area (Å²) in [6.45, 7) is 1.23. The van der Waals surface area contributed by atoms with Crippen molar-refractivity contribution in [2.24, 2.45) is 0 Å². The third-order valence-electron chi connectivity index (χ3n) is 2.16. The van der Waals surface area contributed by atoms with Crippen molar-refractivity contribution in [3.8, 4) is 12.3 Å². The number of nitrogens with zero attached hydrogens (tertiary/aromatic N) is 1.